The number of amides is 1. The van der Waals surface area contributed by atoms with Gasteiger partial charge >= 0.3 is 0 Å². The van der Waals surface area contributed by atoms with Crippen LogP contribution in [-0.4, -0.2) is 17.4 Å². The van der Waals surface area contributed by atoms with E-state index in [1.54, 1.807) is 17.5 Å². The zero-order chi connectivity index (χ0) is 13.7. The van der Waals surface area contributed by atoms with Gasteiger partial charge in [0.15, 0.2) is 0 Å². The van der Waals surface area contributed by atoms with Crippen LogP contribution in [0.25, 0.3) is 10.6 Å². The molecular formula is C14H17N3OS. The molecule has 2 aromatic rings. The van der Waals surface area contributed by atoms with Gasteiger partial charge in [-0.25, -0.2) is 4.98 Å². The minimum Gasteiger partial charge on any atom is -0.330 e. The van der Waals surface area contributed by atoms with Crippen LogP contribution in [0.2, 0.25) is 0 Å². The quantitative estimate of drug-likeness (QED) is 0.881. The Labute approximate surface area is 116 Å². The number of nitrogens with one attached hydrogen (secondary N) is 1. The van der Waals surface area contributed by atoms with Gasteiger partial charge in [0.2, 0.25) is 5.91 Å². The van der Waals surface area contributed by atoms with Crippen molar-refractivity contribution in [2.75, 3.05) is 11.9 Å². The number of carbonyl (C=O) groups is 1. The van der Waals surface area contributed by atoms with E-state index >= 15 is 0 Å². The molecule has 0 spiro atoms. The van der Waals surface area contributed by atoms with Gasteiger partial charge in [0.1, 0.15) is 5.01 Å². The Hall–Kier alpha value is -1.72. The molecule has 2 rings (SSSR count). The predicted molar refractivity (Wildman–Crippen MR) is 79.0 cm³/mol. The van der Waals surface area contributed by atoms with Gasteiger partial charge in [-0.15, -0.1) is 11.3 Å². The lowest BCUT2D eigenvalue weighted by Crippen LogP contribution is -2.22. The van der Waals surface area contributed by atoms with Crippen LogP contribution >= 0.6 is 11.3 Å². The standard InChI is InChI=1S/C14H17N3OS/c1-10(6-7-15)13(18)17-12-4-2-11(3-5-12)14-16-8-9-19-14/h2-5,8-10H,6-7,15H2,1H3,(H,17,18). The first-order valence-electron chi connectivity index (χ1n) is 6.21. The Morgan fingerprint density at radius 3 is 2.74 bits per heavy atom. The highest BCUT2D eigenvalue weighted by Gasteiger charge is 2.11. The molecule has 100 valence electrons. The average Bonchev–Trinajstić information content (AvgIpc) is 2.94. The largest absolute Gasteiger partial charge is 0.330 e. The van der Waals surface area contributed by atoms with E-state index in [1.165, 1.54) is 0 Å². The van der Waals surface area contributed by atoms with E-state index in [-0.39, 0.29) is 11.8 Å². The third-order valence-corrected chi connectivity index (χ3v) is 3.70. The molecule has 0 saturated heterocycles. The maximum absolute atomic E-state index is 11.8. The molecule has 4 nitrogen and oxygen atoms in total. The van der Waals surface area contributed by atoms with Crippen LogP contribution < -0.4 is 11.1 Å². The van der Waals surface area contributed by atoms with Crippen LogP contribution in [0, 0.1) is 5.92 Å². The highest BCUT2D eigenvalue weighted by atomic mass is 32.1. The third-order valence-electron chi connectivity index (χ3n) is 2.88. The number of nitrogens with two attached hydrogens (primary N) is 1. The van der Waals surface area contributed by atoms with Gasteiger partial charge in [0.25, 0.3) is 0 Å². The summed E-state index contributed by atoms with van der Waals surface area (Å²) in [4.78, 5) is 16.1. The second-order valence-corrected chi connectivity index (χ2v) is 5.28. The molecule has 19 heavy (non-hydrogen) atoms. The van der Waals surface area contributed by atoms with E-state index in [0.717, 1.165) is 16.3 Å². The first kappa shape index (κ1) is 13.7. The third kappa shape index (κ3) is 3.62. The molecule has 0 saturated carbocycles. The van der Waals surface area contributed by atoms with E-state index in [0.29, 0.717) is 13.0 Å². The van der Waals surface area contributed by atoms with Gasteiger partial charge in [-0.2, -0.15) is 0 Å². The summed E-state index contributed by atoms with van der Waals surface area (Å²) < 4.78 is 0. The van der Waals surface area contributed by atoms with Crippen molar-refractivity contribution >= 4 is 22.9 Å². The number of benzene rings is 1. The fraction of sp³-hybridized carbons (Fsp3) is 0.286. The lowest BCUT2D eigenvalue weighted by molar-refractivity contribution is -0.119. The number of nitrogens with zero attached hydrogens (tertiary/aromatic N) is 1. The van der Waals surface area contributed by atoms with E-state index < -0.39 is 0 Å². The molecule has 5 heteroatoms. The van der Waals surface area contributed by atoms with Gasteiger partial charge in [-0.3, -0.25) is 4.79 Å². The predicted octanol–water partition coefficient (Wildman–Crippen LogP) is 2.73. The molecule has 0 fully saturated rings. The fourth-order valence-electron chi connectivity index (χ4n) is 1.71. The SMILES string of the molecule is CC(CCN)C(=O)Nc1ccc(-c2nccs2)cc1. The summed E-state index contributed by atoms with van der Waals surface area (Å²) >= 11 is 1.59. The fourth-order valence-corrected chi connectivity index (χ4v) is 2.35. The normalized spacial score (nSPS) is 12.1. The number of anilines is 1. The van der Waals surface area contributed by atoms with Crippen molar-refractivity contribution in [3.63, 3.8) is 0 Å². The molecule has 0 aliphatic rings. The lowest BCUT2D eigenvalue weighted by atomic mass is 10.1. The van der Waals surface area contributed by atoms with Gasteiger partial charge in [-0.05, 0) is 37.2 Å². The maximum Gasteiger partial charge on any atom is 0.227 e. The van der Waals surface area contributed by atoms with Crippen LogP contribution in [0.3, 0.4) is 0 Å². The highest BCUT2D eigenvalue weighted by Crippen LogP contribution is 2.23. The van der Waals surface area contributed by atoms with E-state index in [2.05, 4.69) is 10.3 Å². The molecule has 1 amide bonds. The summed E-state index contributed by atoms with van der Waals surface area (Å²) in [6, 6.07) is 7.71. The van der Waals surface area contributed by atoms with Crippen molar-refractivity contribution in [3.8, 4) is 10.6 Å². The molecule has 0 bridgehead atoms. The summed E-state index contributed by atoms with van der Waals surface area (Å²) in [5, 5.41) is 5.81. The van der Waals surface area contributed by atoms with Gasteiger partial charge in [0, 0.05) is 28.7 Å². The van der Waals surface area contributed by atoms with Crippen molar-refractivity contribution in [2.45, 2.75) is 13.3 Å². The Morgan fingerprint density at radius 1 is 1.42 bits per heavy atom. The summed E-state index contributed by atoms with van der Waals surface area (Å²) in [6.45, 7) is 2.41. The average molecular weight is 275 g/mol. The van der Waals surface area contributed by atoms with Crippen LogP contribution in [0.4, 0.5) is 5.69 Å². The molecule has 1 aromatic heterocycles. The van der Waals surface area contributed by atoms with Crippen molar-refractivity contribution in [1.29, 1.82) is 0 Å². The second-order valence-electron chi connectivity index (χ2n) is 4.38. The Bertz CT molecular complexity index is 522. The lowest BCUT2D eigenvalue weighted by Gasteiger charge is -2.11. The van der Waals surface area contributed by atoms with Crippen molar-refractivity contribution < 1.29 is 4.79 Å². The summed E-state index contributed by atoms with van der Waals surface area (Å²) in [5.74, 6) is -0.0592. The number of rotatable bonds is 5. The second kappa shape index (κ2) is 6.45. The molecule has 1 heterocycles. The number of hydrogen-bond acceptors (Lipinski definition) is 4. The van der Waals surface area contributed by atoms with Crippen molar-refractivity contribution in [2.24, 2.45) is 11.7 Å². The summed E-state index contributed by atoms with van der Waals surface area (Å²) in [7, 11) is 0. The number of carbonyl (C=O) groups excluding carboxylic acids is 1. The highest BCUT2D eigenvalue weighted by molar-refractivity contribution is 7.13. The number of aromatic nitrogens is 1. The van der Waals surface area contributed by atoms with E-state index in [1.807, 2.05) is 36.6 Å². The summed E-state index contributed by atoms with van der Waals surface area (Å²) in [5.41, 5.74) is 7.31. The Kier molecular flexibility index (Phi) is 4.65. The maximum atomic E-state index is 11.8. The van der Waals surface area contributed by atoms with Crippen LogP contribution in [0.15, 0.2) is 35.8 Å². The molecule has 1 atom stereocenters. The zero-order valence-corrected chi connectivity index (χ0v) is 11.6. The van der Waals surface area contributed by atoms with Gasteiger partial charge in [-0.1, -0.05) is 6.92 Å². The molecule has 0 aliphatic carbocycles. The van der Waals surface area contributed by atoms with Crippen LogP contribution in [-0.2, 0) is 4.79 Å². The van der Waals surface area contributed by atoms with E-state index in [4.69, 9.17) is 5.73 Å². The topological polar surface area (TPSA) is 68.0 Å². The minimum absolute atomic E-state index is 0.00690. The Balaban J connectivity index is 2.01. The molecule has 0 radical (unpaired) electrons. The van der Waals surface area contributed by atoms with Crippen molar-refractivity contribution in [3.05, 3.63) is 35.8 Å². The van der Waals surface area contributed by atoms with Crippen LogP contribution in [0.1, 0.15) is 13.3 Å². The van der Waals surface area contributed by atoms with Crippen LogP contribution in [0.5, 0.6) is 0 Å². The smallest absolute Gasteiger partial charge is 0.227 e. The molecule has 3 N–H and O–H groups in total. The van der Waals surface area contributed by atoms with Gasteiger partial charge in [0.05, 0.1) is 0 Å². The monoisotopic (exact) mass is 275 g/mol. The minimum atomic E-state index is -0.0661. The molecule has 1 unspecified atom stereocenters. The number of thiazole rings is 1. The number of hydrogen-bond donors (Lipinski definition) is 2. The summed E-state index contributed by atoms with van der Waals surface area (Å²) in [6.07, 6.45) is 2.48. The first-order chi connectivity index (χ1) is 9.20. The first-order valence-corrected chi connectivity index (χ1v) is 7.09. The molecule has 1 aromatic carbocycles. The van der Waals surface area contributed by atoms with Gasteiger partial charge < -0.3 is 11.1 Å². The molecular weight excluding hydrogens is 258 g/mol. The zero-order valence-electron chi connectivity index (χ0n) is 10.8. The molecule has 0 aliphatic heterocycles. The van der Waals surface area contributed by atoms with E-state index in [9.17, 15) is 4.79 Å². The van der Waals surface area contributed by atoms with Crippen molar-refractivity contribution in [1.82, 2.24) is 4.98 Å². The Morgan fingerprint density at radius 2 is 2.16 bits per heavy atom.